The molecule has 0 N–H and O–H groups in total. The van der Waals surface area contributed by atoms with E-state index in [1.807, 2.05) is 0 Å². The summed E-state index contributed by atoms with van der Waals surface area (Å²) in [4.78, 5) is 12.8. The van der Waals surface area contributed by atoms with E-state index in [4.69, 9.17) is 4.74 Å². The topological polar surface area (TPSA) is 26.3 Å². The SMILES string of the molecule is C=C[C@H](CCCC)C(=O)Oc1c(C(C)(C)C)cc(C)cc1C(C)(C)C. The Morgan fingerprint density at radius 1 is 1.12 bits per heavy atom. The Bertz CT molecular complexity index is 577. The predicted octanol–water partition coefficient (Wildman–Crippen LogP) is 6.49. The third kappa shape index (κ3) is 5.73. The fourth-order valence-corrected chi connectivity index (χ4v) is 2.93. The first-order valence-corrected chi connectivity index (χ1v) is 9.41. The highest BCUT2D eigenvalue weighted by molar-refractivity contribution is 5.78. The number of benzene rings is 1. The van der Waals surface area contributed by atoms with E-state index in [-0.39, 0.29) is 22.7 Å². The molecule has 0 saturated carbocycles. The number of unbranched alkanes of at least 4 members (excludes halogenated alkanes) is 1. The largest absolute Gasteiger partial charge is 0.425 e. The van der Waals surface area contributed by atoms with Crippen LogP contribution in [0.4, 0.5) is 0 Å². The molecule has 0 heterocycles. The van der Waals surface area contributed by atoms with Gasteiger partial charge < -0.3 is 4.74 Å². The number of esters is 1. The summed E-state index contributed by atoms with van der Waals surface area (Å²) < 4.78 is 6.02. The lowest BCUT2D eigenvalue weighted by molar-refractivity contribution is -0.137. The van der Waals surface area contributed by atoms with Crippen LogP contribution >= 0.6 is 0 Å². The van der Waals surface area contributed by atoms with Crippen molar-refractivity contribution < 1.29 is 9.53 Å². The second-order valence-corrected chi connectivity index (χ2v) is 9.09. The van der Waals surface area contributed by atoms with Gasteiger partial charge in [-0.1, -0.05) is 85.1 Å². The van der Waals surface area contributed by atoms with E-state index in [0.717, 1.165) is 36.1 Å². The molecule has 0 aliphatic rings. The average Bonchev–Trinajstić information content (AvgIpc) is 2.47. The van der Waals surface area contributed by atoms with Gasteiger partial charge in [0.25, 0.3) is 0 Å². The molecule has 1 atom stereocenters. The maximum Gasteiger partial charge on any atom is 0.318 e. The molecule has 0 radical (unpaired) electrons. The molecule has 140 valence electrons. The standard InChI is InChI=1S/C23H36O2/c1-10-12-13-17(11-2)21(24)25-20-18(22(4,5)6)14-16(3)15-19(20)23(7,8)9/h11,14-15,17H,2,10,12-13H2,1,3-9H3/t17-/m1/s1. The number of hydrogen-bond donors (Lipinski definition) is 0. The quantitative estimate of drug-likeness (QED) is 0.335. The molecule has 0 unspecified atom stereocenters. The van der Waals surface area contributed by atoms with E-state index in [1.165, 1.54) is 5.56 Å². The number of carbonyl (C=O) groups is 1. The molecule has 0 fully saturated rings. The number of rotatable bonds is 6. The molecule has 0 amide bonds. The van der Waals surface area contributed by atoms with Crippen LogP contribution in [0.5, 0.6) is 5.75 Å². The normalized spacial score (nSPS) is 13.4. The van der Waals surface area contributed by atoms with Crippen molar-refractivity contribution in [1.82, 2.24) is 0 Å². The zero-order valence-corrected chi connectivity index (χ0v) is 17.5. The summed E-state index contributed by atoms with van der Waals surface area (Å²) in [5.74, 6) is 0.296. The van der Waals surface area contributed by atoms with Gasteiger partial charge in [-0.15, -0.1) is 6.58 Å². The number of hydrogen-bond acceptors (Lipinski definition) is 2. The molecule has 1 aromatic rings. The highest BCUT2D eigenvalue weighted by atomic mass is 16.5. The van der Waals surface area contributed by atoms with Crippen LogP contribution in [-0.2, 0) is 15.6 Å². The van der Waals surface area contributed by atoms with Gasteiger partial charge in [-0.2, -0.15) is 0 Å². The lowest BCUT2D eigenvalue weighted by atomic mass is 9.78. The Balaban J connectivity index is 3.41. The summed E-state index contributed by atoms with van der Waals surface area (Å²) in [5.41, 5.74) is 3.16. The van der Waals surface area contributed by atoms with E-state index in [1.54, 1.807) is 6.08 Å². The minimum atomic E-state index is -0.248. The molecule has 25 heavy (non-hydrogen) atoms. The summed E-state index contributed by atoms with van der Waals surface area (Å²) >= 11 is 0. The van der Waals surface area contributed by atoms with Gasteiger partial charge >= 0.3 is 5.97 Å². The lowest BCUT2D eigenvalue weighted by Crippen LogP contribution is -2.25. The van der Waals surface area contributed by atoms with E-state index in [2.05, 4.69) is 74.1 Å². The molecule has 0 spiro atoms. The zero-order valence-electron chi connectivity index (χ0n) is 17.5. The van der Waals surface area contributed by atoms with Crippen LogP contribution in [0.1, 0.15) is 84.4 Å². The Morgan fingerprint density at radius 2 is 1.60 bits per heavy atom. The molecule has 2 nitrogen and oxygen atoms in total. The molecule has 1 rings (SSSR count). The Morgan fingerprint density at radius 3 is 1.96 bits per heavy atom. The van der Waals surface area contributed by atoms with E-state index in [0.29, 0.717) is 0 Å². The third-order valence-corrected chi connectivity index (χ3v) is 4.51. The van der Waals surface area contributed by atoms with Crippen molar-refractivity contribution in [3.05, 3.63) is 41.5 Å². The molecular formula is C23H36O2. The van der Waals surface area contributed by atoms with Crippen molar-refractivity contribution in [2.45, 2.75) is 85.5 Å². The minimum Gasteiger partial charge on any atom is -0.425 e. The van der Waals surface area contributed by atoms with Gasteiger partial charge in [0.15, 0.2) is 0 Å². The summed E-state index contributed by atoms with van der Waals surface area (Å²) in [5, 5.41) is 0. The Labute approximate surface area is 154 Å². The average molecular weight is 345 g/mol. The van der Waals surface area contributed by atoms with Crippen molar-refractivity contribution in [2.24, 2.45) is 5.92 Å². The minimum absolute atomic E-state index is 0.102. The molecular weight excluding hydrogens is 308 g/mol. The van der Waals surface area contributed by atoms with E-state index < -0.39 is 0 Å². The number of ether oxygens (including phenoxy) is 1. The van der Waals surface area contributed by atoms with Crippen LogP contribution in [0.3, 0.4) is 0 Å². The van der Waals surface area contributed by atoms with E-state index >= 15 is 0 Å². The third-order valence-electron chi connectivity index (χ3n) is 4.51. The molecule has 0 bridgehead atoms. The van der Waals surface area contributed by atoms with Crippen LogP contribution in [0.2, 0.25) is 0 Å². The van der Waals surface area contributed by atoms with Gasteiger partial charge in [-0.25, -0.2) is 0 Å². The predicted molar refractivity (Wildman–Crippen MR) is 107 cm³/mol. The van der Waals surface area contributed by atoms with Crippen LogP contribution in [-0.4, -0.2) is 5.97 Å². The van der Waals surface area contributed by atoms with Crippen LogP contribution in [0.25, 0.3) is 0 Å². The van der Waals surface area contributed by atoms with Gasteiger partial charge in [-0.05, 0) is 24.2 Å². The van der Waals surface area contributed by atoms with Crippen molar-refractivity contribution in [3.8, 4) is 5.75 Å². The number of carbonyl (C=O) groups excluding carboxylic acids is 1. The highest BCUT2D eigenvalue weighted by Gasteiger charge is 2.30. The van der Waals surface area contributed by atoms with Gasteiger partial charge in [0.05, 0.1) is 5.92 Å². The van der Waals surface area contributed by atoms with Crippen LogP contribution < -0.4 is 4.74 Å². The summed E-state index contributed by atoms with van der Waals surface area (Å²) in [7, 11) is 0. The zero-order chi connectivity index (χ0) is 19.4. The lowest BCUT2D eigenvalue weighted by Gasteiger charge is -2.30. The van der Waals surface area contributed by atoms with E-state index in [9.17, 15) is 4.79 Å². The first-order chi connectivity index (χ1) is 11.4. The summed E-state index contributed by atoms with van der Waals surface area (Å²) in [6, 6.07) is 4.29. The van der Waals surface area contributed by atoms with Crippen molar-refractivity contribution in [3.63, 3.8) is 0 Å². The van der Waals surface area contributed by atoms with Gasteiger partial charge in [0, 0.05) is 11.1 Å². The van der Waals surface area contributed by atoms with Crippen molar-refractivity contribution >= 4 is 5.97 Å². The van der Waals surface area contributed by atoms with Gasteiger partial charge in [-0.3, -0.25) is 4.79 Å². The highest BCUT2D eigenvalue weighted by Crippen LogP contribution is 2.41. The Hall–Kier alpha value is -1.57. The maximum absolute atomic E-state index is 12.8. The number of aryl methyl sites for hydroxylation is 1. The summed E-state index contributed by atoms with van der Waals surface area (Å²) in [6.07, 6.45) is 4.57. The molecule has 0 aromatic heterocycles. The Kier molecular flexibility index (Phi) is 7.05. The molecule has 0 aliphatic heterocycles. The fraction of sp³-hybridized carbons (Fsp3) is 0.609. The smallest absolute Gasteiger partial charge is 0.318 e. The monoisotopic (exact) mass is 344 g/mol. The molecule has 1 aromatic carbocycles. The first-order valence-electron chi connectivity index (χ1n) is 9.41. The van der Waals surface area contributed by atoms with Gasteiger partial charge in [0.1, 0.15) is 5.75 Å². The molecule has 0 aliphatic carbocycles. The molecule has 2 heteroatoms. The maximum atomic E-state index is 12.8. The van der Waals surface area contributed by atoms with Gasteiger partial charge in [0.2, 0.25) is 0 Å². The van der Waals surface area contributed by atoms with Crippen LogP contribution in [0.15, 0.2) is 24.8 Å². The van der Waals surface area contributed by atoms with Crippen molar-refractivity contribution in [2.75, 3.05) is 0 Å². The second-order valence-electron chi connectivity index (χ2n) is 9.09. The molecule has 0 saturated heterocycles. The van der Waals surface area contributed by atoms with Crippen molar-refractivity contribution in [1.29, 1.82) is 0 Å². The first kappa shape index (κ1) is 21.5. The second kappa shape index (κ2) is 8.21. The summed E-state index contributed by atoms with van der Waals surface area (Å²) in [6.45, 7) is 21.0. The van der Waals surface area contributed by atoms with Crippen LogP contribution in [0, 0.1) is 12.8 Å². The fourth-order valence-electron chi connectivity index (χ4n) is 2.93.